The van der Waals surface area contributed by atoms with E-state index in [1.54, 1.807) is 13.3 Å². The Hall–Kier alpha value is -1.85. The fourth-order valence-electron chi connectivity index (χ4n) is 2.56. The summed E-state index contributed by atoms with van der Waals surface area (Å²) in [7, 11) is 1.73. The van der Waals surface area contributed by atoms with Crippen LogP contribution in [-0.4, -0.2) is 37.5 Å². The lowest BCUT2D eigenvalue weighted by Crippen LogP contribution is -2.39. The number of pyridine rings is 1. The van der Waals surface area contributed by atoms with E-state index in [-0.39, 0.29) is 5.60 Å². The number of nitrogens with one attached hydrogen (secondary N) is 1. The molecule has 0 aliphatic carbocycles. The molecule has 0 saturated carbocycles. The molecule has 3 N–H and O–H groups in total. The maximum Gasteiger partial charge on any atom is 0.110 e. The Balaban J connectivity index is 1.89. The number of anilines is 2. The molecular formula is C15H19N3O2. The number of nitrogen functional groups attached to an aromatic ring is 1. The largest absolute Gasteiger partial charge is 0.396 e. The van der Waals surface area contributed by atoms with Crippen molar-refractivity contribution in [3.8, 4) is 0 Å². The topological polar surface area (TPSA) is 69.4 Å². The molecule has 5 heteroatoms. The zero-order chi connectivity index (χ0) is 14.0. The number of nitrogens with two attached hydrogens (primary N) is 1. The van der Waals surface area contributed by atoms with Crippen LogP contribution < -0.4 is 11.1 Å². The third-order valence-corrected chi connectivity index (χ3v) is 3.89. The first-order chi connectivity index (χ1) is 9.74. The number of ether oxygens (including phenoxy) is 2. The van der Waals surface area contributed by atoms with Crippen molar-refractivity contribution in [2.24, 2.45) is 0 Å². The molecule has 1 aromatic carbocycles. The summed E-state index contributed by atoms with van der Waals surface area (Å²) < 4.78 is 11.1. The van der Waals surface area contributed by atoms with E-state index in [0.29, 0.717) is 18.8 Å². The molecule has 106 valence electrons. The van der Waals surface area contributed by atoms with Gasteiger partial charge in [-0.1, -0.05) is 18.2 Å². The number of para-hydroxylation sites is 1. The van der Waals surface area contributed by atoms with E-state index < -0.39 is 0 Å². The van der Waals surface area contributed by atoms with Gasteiger partial charge in [0, 0.05) is 32.1 Å². The number of methoxy groups -OCH3 is 1. The Morgan fingerprint density at radius 3 is 3.05 bits per heavy atom. The van der Waals surface area contributed by atoms with Crippen molar-refractivity contribution < 1.29 is 9.47 Å². The summed E-state index contributed by atoms with van der Waals surface area (Å²) >= 11 is 0. The summed E-state index contributed by atoms with van der Waals surface area (Å²) in [6.07, 6.45) is 2.58. The summed E-state index contributed by atoms with van der Waals surface area (Å²) in [6.45, 7) is 2.02. The molecule has 2 aromatic rings. The zero-order valence-corrected chi connectivity index (χ0v) is 11.6. The van der Waals surface area contributed by atoms with Crippen LogP contribution in [0.15, 0.2) is 30.5 Å². The average molecular weight is 273 g/mol. The molecular weight excluding hydrogens is 254 g/mol. The standard InChI is InChI=1S/C15H19N3O2/c1-19-15(6-7-20-10-15)9-18-14-11-4-2-3-5-13(11)17-8-12(14)16/h2-5,8H,6-7,9-10,16H2,1H3,(H,17,18). The zero-order valence-electron chi connectivity index (χ0n) is 11.6. The van der Waals surface area contributed by atoms with Gasteiger partial charge in [-0.2, -0.15) is 0 Å². The van der Waals surface area contributed by atoms with Gasteiger partial charge in [-0.3, -0.25) is 4.98 Å². The first-order valence-electron chi connectivity index (χ1n) is 6.74. The van der Waals surface area contributed by atoms with Gasteiger partial charge < -0.3 is 20.5 Å². The van der Waals surface area contributed by atoms with Crippen LogP contribution in [0.1, 0.15) is 6.42 Å². The van der Waals surface area contributed by atoms with Gasteiger partial charge in [0.2, 0.25) is 0 Å². The van der Waals surface area contributed by atoms with Gasteiger partial charge in [-0.05, 0) is 6.07 Å². The molecule has 1 aliphatic heterocycles. The molecule has 1 fully saturated rings. The number of hydrogen-bond donors (Lipinski definition) is 2. The Kier molecular flexibility index (Phi) is 3.46. The SMILES string of the molecule is COC1(CNc2c(N)cnc3ccccc23)CCOC1. The molecule has 0 radical (unpaired) electrons. The third kappa shape index (κ3) is 2.30. The van der Waals surface area contributed by atoms with Crippen molar-refractivity contribution in [2.75, 3.05) is 37.9 Å². The second kappa shape index (κ2) is 5.26. The first-order valence-corrected chi connectivity index (χ1v) is 6.74. The van der Waals surface area contributed by atoms with Gasteiger partial charge in [0.25, 0.3) is 0 Å². The molecule has 1 unspecified atom stereocenters. The van der Waals surface area contributed by atoms with Gasteiger partial charge in [-0.15, -0.1) is 0 Å². The van der Waals surface area contributed by atoms with E-state index in [9.17, 15) is 0 Å². The smallest absolute Gasteiger partial charge is 0.110 e. The number of nitrogens with zero attached hydrogens (tertiary/aromatic N) is 1. The second-order valence-corrected chi connectivity index (χ2v) is 5.15. The highest BCUT2D eigenvalue weighted by atomic mass is 16.5. The van der Waals surface area contributed by atoms with Crippen LogP contribution in [0.4, 0.5) is 11.4 Å². The highest BCUT2D eigenvalue weighted by molar-refractivity contribution is 5.96. The quantitative estimate of drug-likeness (QED) is 0.892. The van der Waals surface area contributed by atoms with Gasteiger partial charge in [-0.25, -0.2) is 0 Å². The van der Waals surface area contributed by atoms with E-state index >= 15 is 0 Å². The van der Waals surface area contributed by atoms with Crippen molar-refractivity contribution in [1.29, 1.82) is 0 Å². The van der Waals surface area contributed by atoms with E-state index in [1.807, 2.05) is 24.3 Å². The molecule has 1 aliphatic rings. The van der Waals surface area contributed by atoms with E-state index in [4.69, 9.17) is 15.2 Å². The number of benzene rings is 1. The van der Waals surface area contributed by atoms with Crippen LogP contribution in [0.3, 0.4) is 0 Å². The van der Waals surface area contributed by atoms with E-state index in [2.05, 4.69) is 10.3 Å². The van der Waals surface area contributed by atoms with Crippen LogP contribution in [0, 0.1) is 0 Å². The molecule has 1 aromatic heterocycles. The van der Waals surface area contributed by atoms with Crippen LogP contribution >= 0.6 is 0 Å². The number of aromatic nitrogens is 1. The average Bonchev–Trinajstić information content (AvgIpc) is 2.96. The molecule has 1 atom stereocenters. The normalized spacial score (nSPS) is 22.2. The predicted molar refractivity (Wildman–Crippen MR) is 79.8 cm³/mol. The minimum atomic E-state index is -0.267. The third-order valence-electron chi connectivity index (χ3n) is 3.89. The van der Waals surface area contributed by atoms with Gasteiger partial charge >= 0.3 is 0 Å². The lowest BCUT2D eigenvalue weighted by Gasteiger charge is -2.27. The van der Waals surface area contributed by atoms with Crippen molar-refractivity contribution in [3.63, 3.8) is 0 Å². The Labute approximate surface area is 118 Å². The second-order valence-electron chi connectivity index (χ2n) is 5.15. The van der Waals surface area contributed by atoms with Crippen molar-refractivity contribution in [3.05, 3.63) is 30.5 Å². The predicted octanol–water partition coefficient (Wildman–Crippen LogP) is 2.03. The molecule has 0 bridgehead atoms. The van der Waals surface area contributed by atoms with Crippen LogP contribution in [-0.2, 0) is 9.47 Å². The fourth-order valence-corrected chi connectivity index (χ4v) is 2.56. The Morgan fingerprint density at radius 1 is 1.45 bits per heavy atom. The van der Waals surface area contributed by atoms with Crippen molar-refractivity contribution in [2.45, 2.75) is 12.0 Å². The molecule has 2 heterocycles. The number of rotatable bonds is 4. The Bertz CT molecular complexity index is 609. The number of fused-ring (bicyclic) bond motifs is 1. The molecule has 3 rings (SSSR count). The van der Waals surface area contributed by atoms with Gasteiger partial charge in [0.15, 0.2) is 0 Å². The maximum atomic E-state index is 6.06. The van der Waals surface area contributed by atoms with Crippen molar-refractivity contribution in [1.82, 2.24) is 4.98 Å². The fraction of sp³-hybridized carbons (Fsp3) is 0.400. The monoisotopic (exact) mass is 273 g/mol. The van der Waals surface area contributed by atoms with Crippen LogP contribution in [0.25, 0.3) is 10.9 Å². The first kappa shape index (κ1) is 13.1. The van der Waals surface area contributed by atoms with Crippen LogP contribution in [0.2, 0.25) is 0 Å². The summed E-state index contributed by atoms with van der Waals surface area (Å²) in [4.78, 5) is 4.34. The van der Waals surface area contributed by atoms with Crippen LogP contribution in [0.5, 0.6) is 0 Å². The van der Waals surface area contributed by atoms with Gasteiger partial charge in [0.05, 0.1) is 29.7 Å². The minimum Gasteiger partial charge on any atom is -0.396 e. The lowest BCUT2D eigenvalue weighted by atomic mass is 10.0. The molecule has 0 spiro atoms. The lowest BCUT2D eigenvalue weighted by molar-refractivity contribution is -0.00617. The summed E-state index contributed by atoms with van der Waals surface area (Å²) in [5, 5.41) is 4.45. The molecule has 5 nitrogen and oxygen atoms in total. The highest BCUT2D eigenvalue weighted by Crippen LogP contribution is 2.30. The molecule has 1 saturated heterocycles. The summed E-state index contributed by atoms with van der Waals surface area (Å²) in [5.41, 5.74) is 8.28. The summed E-state index contributed by atoms with van der Waals surface area (Å²) in [5.74, 6) is 0. The highest BCUT2D eigenvalue weighted by Gasteiger charge is 2.34. The molecule has 20 heavy (non-hydrogen) atoms. The van der Waals surface area contributed by atoms with Crippen molar-refractivity contribution >= 4 is 22.3 Å². The molecule has 0 amide bonds. The minimum absolute atomic E-state index is 0.267. The van der Waals surface area contributed by atoms with E-state index in [1.165, 1.54) is 0 Å². The van der Waals surface area contributed by atoms with E-state index in [0.717, 1.165) is 29.6 Å². The number of hydrogen-bond acceptors (Lipinski definition) is 5. The summed E-state index contributed by atoms with van der Waals surface area (Å²) in [6, 6.07) is 7.95. The maximum absolute atomic E-state index is 6.06. The Morgan fingerprint density at radius 2 is 2.30 bits per heavy atom. The van der Waals surface area contributed by atoms with Gasteiger partial charge in [0.1, 0.15) is 5.60 Å².